The van der Waals surface area contributed by atoms with Crippen molar-refractivity contribution in [2.45, 2.75) is 6.92 Å². The van der Waals surface area contributed by atoms with E-state index in [9.17, 15) is 4.79 Å². The van der Waals surface area contributed by atoms with Crippen molar-refractivity contribution in [3.8, 4) is 28.0 Å². The molecule has 3 heterocycles. The largest absolute Gasteiger partial charge is 0.424 e. The summed E-state index contributed by atoms with van der Waals surface area (Å²) in [4.78, 5) is 22.3. The number of thiophene rings is 1. The maximum atomic E-state index is 13.3. The topological polar surface area (TPSA) is 81.9 Å². The Labute approximate surface area is 194 Å². The van der Waals surface area contributed by atoms with Gasteiger partial charge < -0.3 is 10.1 Å². The maximum absolute atomic E-state index is 13.3. The number of hydrogen-bond donors (Lipinski definition) is 1. The molecule has 0 saturated carbocycles. The summed E-state index contributed by atoms with van der Waals surface area (Å²) < 4.78 is 7.41. The van der Waals surface area contributed by atoms with Gasteiger partial charge in [0.2, 0.25) is 0 Å². The molecule has 0 bridgehead atoms. The SMILES string of the molecule is Cc1cc(Oc2ncccn2)ccc1NC(=O)c1cn(-c2ccccc2)nc1-c1cccs1. The van der Waals surface area contributed by atoms with Gasteiger partial charge in [-0.05, 0) is 60.3 Å². The van der Waals surface area contributed by atoms with Crippen LogP contribution in [0.4, 0.5) is 5.69 Å². The maximum Gasteiger partial charge on any atom is 0.321 e. The van der Waals surface area contributed by atoms with Gasteiger partial charge in [-0.2, -0.15) is 5.10 Å². The molecule has 0 radical (unpaired) electrons. The Balaban J connectivity index is 1.42. The minimum Gasteiger partial charge on any atom is -0.424 e. The van der Waals surface area contributed by atoms with Crippen LogP contribution >= 0.6 is 11.3 Å². The molecule has 33 heavy (non-hydrogen) atoms. The zero-order valence-corrected chi connectivity index (χ0v) is 18.5. The summed E-state index contributed by atoms with van der Waals surface area (Å²) in [7, 11) is 0. The van der Waals surface area contributed by atoms with Gasteiger partial charge in [-0.1, -0.05) is 24.3 Å². The fraction of sp³-hybridized carbons (Fsp3) is 0.0400. The Bertz CT molecular complexity index is 1380. The second-order valence-corrected chi connectivity index (χ2v) is 8.16. The Morgan fingerprint density at radius 2 is 1.82 bits per heavy atom. The highest BCUT2D eigenvalue weighted by Crippen LogP contribution is 2.29. The quantitative estimate of drug-likeness (QED) is 0.354. The lowest BCUT2D eigenvalue weighted by Gasteiger charge is -2.10. The first-order valence-corrected chi connectivity index (χ1v) is 11.1. The Kier molecular flexibility index (Phi) is 5.65. The van der Waals surface area contributed by atoms with Gasteiger partial charge in [-0.3, -0.25) is 4.79 Å². The number of rotatable bonds is 6. The lowest BCUT2D eigenvalue weighted by molar-refractivity contribution is 0.102. The van der Waals surface area contributed by atoms with Crippen molar-refractivity contribution < 1.29 is 9.53 Å². The van der Waals surface area contributed by atoms with E-state index in [0.29, 0.717) is 22.7 Å². The van der Waals surface area contributed by atoms with Crippen molar-refractivity contribution in [3.05, 3.63) is 102 Å². The molecule has 0 spiro atoms. The predicted molar refractivity (Wildman–Crippen MR) is 128 cm³/mol. The highest BCUT2D eigenvalue weighted by atomic mass is 32.1. The molecule has 2 aromatic carbocycles. The van der Waals surface area contributed by atoms with Crippen LogP contribution in [0.15, 0.2) is 90.7 Å². The minimum atomic E-state index is -0.233. The number of benzene rings is 2. The average Bonchev–Trinajstić information content (AvgIpc) is 3.52. The summed E-state index contributed by atoms with van der Waals surface area (Å²) >= 11 is 1.54. The van der Waals surface area contributed by atoms with Gasteiger partial charge in [0.25, 0.3) is 5.91 Å². The molecule has 0 aliphatic heterocycles. The molecule has 162 valence electrons. The number of nitrogens with one attached hydrogen (secondary N) is 1. The monoisotopic (exact) mass is 453 g/mol. The normalized spacial score (nSPS) is 10.7. The molecule has 0 aliphatic carbocycles. The number of nitrogens with zero attached hydrogens (tertiary/aromatic N) is 4. The highest BCUT2D eigenvalue weighted by Gasteiger charge is 2.20. The Morgan fingerprint density at radius 1 is 1.00 bits per heavy atom. The van der Waals surface area contributed by atoms with E-state index in [1.165, 1.54) is 0 Å². The number of amides is 1. The van der Waals surface area contributed by atoms with Crippen molar-refractivity contribution in [1.29, 1.82) is 0 Å². The number of aromatic nitrogens is 4. The van der Waals surface area contributed by atoms with E-state index < -0.39 is 0 Å². The van der Waals surface area contributed by atoms with Crippen molar-refractivity contribution in [3.63, 3.8) is 0 Å². The van der Waals surface area contributed by atoms with Gasteiger partial charge in [0.05, 0.1) is 16.1 Å². The molecular formula is C25H19N5O2S. The average molecular weight is 454 g/mol. The van der Waals surface area contributed by atoms with Crippen molar-refractivity contribution in [2.24, 2.45) is 0 Å². The summed E-state index contributed by atoms with van der Waals surface area (Å²) in [6.07, 6.45) is 4.99. The molecule has 0 atom stereocenters. The number of hydrogen-bond acceptors (Lipinski definition) is 6. The molecule has 0 unspecified atom stereocenters. The molecule has 8 heteroatoms. The highest BCUT2D eigenvalue weighted by molar-refractivity contribution is 7.13. The van der Waals surface area contributed by atoms with Gasteiger partial charge in [0.1, 0.15) is 11.4 Å². The lowest BCUT2D eigenvalue weighted by atomic mass is 10.1. The summed E-state index contributed by atoms with van der Waals surface area (Å²) in [5.74, 6) is 0.358. The second-order valence-electron chi connectivity index (χ2n) is 7.21. The Morgan fingerprint density at radius 3 is 2.55 bits per heavy atom. The van der Waals surface area contributed by atoms with Crippen molar-refractivity contribution in [1.82, 2.24) is 19.7 Å². The van der Waals surface area contributed by atoms with Crippen molar-refractivity contribution >= 4 is 22.9 Å². The van der Waals surface area contributed by atoms with Crippen LogP contribution < -0.4 is 10.1 Å². The van der Waals surface area contributed by atoms with Crippen LogP contribution in [0.1, 0.15) is 15.9 Å². The fourth-order valence-corrected chi connectivity index (χ4v) is 4.04. The van der Waals surface area contributed by atoms with Crippen LogP contribution in [0.2, 0.25) is 0 Å². The Hall–Kier alpha value is -4.30. The van der Waals surface area contributed by atoms with Crippen molar-refractivity contribution in [2.75, 3.05) is 5.32 Å². The first kappa shape index (κ1) is 20.6. The molecule has 0 fully saturated rings. The summed E-state index contributed by atoms with van der Waals surface area (Å²) in [6.45, 7) is 1.90. The van der Waals surface area contributed by atoms with Crippen LogP contribution in [0, 0.1) is 6.92 Å². The van der Waals surface area contributed by atoms with Gasteiger partial charge in [-0.25, -0.2) is 14.6 Å². The number of para-hydroxylation sites is 1. The lowest BCUT2D eigenvalue weighted by Crippen LogP contribution is -2.13. The van der Waals surface area contributed by atoms with Crippen LogP contribution in [0.25, 0.3) is 16.3 Å². The first-order chi connectivity index (χ1) is 16.2. The number of aryl methyl sites for hydroxylation is 1. The number of carbonyl (C=O) groups is 1. The molecule has 7 nitrogen and oxygen atoms in total. The number of ether oxygens (including phenoxy) is 1. The van der Waals surface area contributed by atoms with E-state index in [1.54, 1.807) is 52.8 Å². The summed E-state index contributed by atoms with van der Waals surface area (Å²) in [5.41, 5.74) is 3.56. The third kappa shape index (κ3) is 4.51. The third-order valence-corrected chi connectivity index (χ3v) is 5.81. The van der Waals surface area contributed by atoms with E-state index in [2.05, 4.69) is 15.3 Å². The van der Waals surface area contributed by atoms with Gasteiger partial charge in [0, 0.05) is 24.3 Å². The molecule has 5 rings (SSSR count). The zero-order chi connectivity index (χ0) is 22.6. The molecule has 0 saturated heterocycles. The number of carbonyl (C=O) groups excluding carboxylic acids is 1. The van der Waals surface area contributed by atoms with E-state index in [0.717, 1.165) is 16.1 Å². The van der Waals surface area contributed by atoms with E-state index >= 15 is 0 Å². The second kappa shape index (κ2) is 9.05. The van der Waals surface area contributed by atoms with Gasteiger partial charge in [-0.15, -0.1) is 11.3 Å². The van der Waals surface area contributed by atoms with E-state index in [1.807, 2.05) is 60.8 Å². The standard InChI is InChI=1S/C25H19N5O2S/c1-17-15-19(32-25-26-12-6-13-27-25)10-11-21(17)28-24(31)20-16-30(18-7-3-2-4-8-18)29-23(20)22-9-5-14-33-22/h2-16H,1H3,(H,28,31). The molecule has 1 amide bonds. The number of anilines is 1. The smallest absolute Gasteiger partial charge is 0.321 e. The van der Waals surface area contributed by atoms with Crippen LogP contribution in [-0.4, -0.2) is 25.7 Å². The summed E-state index contributed by atoms with van der Waals surface area (Å²) in [5, 5.41) is 9.68. The zero-order valence-electron chi connectivity index (χ0n) is 17.7. The third-order valence-electron chi connectivity index (χ3n) is 4.93. The molecule has 5 aromatic rings. The molecule has 1 N–H and O–H groups in total. The van der Waals surface area contributed by atoms with E-state index in [-0.39, 0.29) is 11.9 Å². The van der Waals surface area contributed by atoms with Crippen LogP contribution in [0.3, 0.4) is 0 Å². The first-order valence-electron chi connectivity index (χ1n) is 10.2. The molecule has 0 aliphatic rings. The molecule has 3 aromatic heterocycles. The van der Waals surface area contributed by atoms with Crippen LogP contribution in [0.5, 0.6) is 11.8 Å². The fourth-order valence-electron chi connectivity index (χ4n) is 3.32. The minimum absolute atomic E-state index is 0.233. The summed E-state index contributed by atoms with van der Waals surface area (Å²) in [6, 6.07) is 21.0. The van der Waals surface area contributed by atoms with Gasteiger partial charge in [0.15, 0.2) is 0 Å². The van der Waals surface area contributed by atoms with Crippen LogP contribution in [-0.2, 0) is 0 Å². The van der Waals surface area contributed by atoms with E-state index in [4.69, 9.17) is 9.84 Å². The molecular weight excluding hydrogens is 434 g/mol. The van der Waals surface area contributed by atoms with Gasteiger partial charge >= 0.3 is 6.01 Å². The predicted octanol–water partition coefficient (Wildman–Crippen LogP) is 5.74.